The van der Waals surface area contributed by atoms with E-state index >= 15 is 0 Å². The van der Waals surface area contributed by atoms with E-state index in [0.29, 0.717) is 0 Å². The Bertz CT molecular complexity index is 399. The molecule has 0 spiro atoms. The molecule has 0 atom stereocenters. The minimum atomic E-state index is 0.747. The zero-order valence-electron chi connectivity index (χ0n) is 8.85. The summed E-state index contributed by atoms with van der Waals surface area (Å²) in [7, 11) is 0. The molecule has 0 unspecified atom stereocenters. The topological polar surface area (TPSA) is 20.5 Å². The van der Waals surface area contributed by atoms with E-state index in [2.05, 4.69) is 33.0 Å². The van der Waals surface area contributed by atoms with Crippen LogP contribution in [0.1, 0.15) is 19.8 Å². The zero-order chi connectivity index (χ0) is 10.7. The second-order valence-corrected chi connectivity index (χ2v) is 4.80. The number of aryl methyl sites for hydroxylation is 1. The average molecular weight is 241 g/mol. The number of thiocarbonyl (C=S) groups is 1. The van der Waals surface area contributed by atoms with Crippen LogP contribution in [-0.2, 0) is 6.54 Å². The van der Waals surface area contributed by atoms with Crippen molar-refractivity contribution < 1.29 is 0 Å². The predicted molar refractivity (Wildman–Crippen MR) is 67.0 cm³/mol. The first-order chi connectivity index (χ1) is 7.31. The molecule has 0 amide bonds. The van der Waals surface area contributed by atoms with Crippen molar-refractivity contribution in [2.24, 2.45) is 4.99 Å². The number of likely N-dealkylation sites (tertiary alicyclic amines) is 1. The highest BCUT2D eigenvalue weighted by atomic mass is 32.1. The van der Waals surface area contributed by atoms with Gasteiger partial charge in [0.2, 0.25) is 0 Å². The largest absolute Gasteiger partial charge is 0.347 e. The van der Waals surface area contributed by atoms with Gasteiger partial charge in [0.25, 0.3) is 0 Å². The van der Waals surface area contributed by atoms with Crippen molar-refractivity contribution in [1.29, 1.82) is 0 Å². The van der Waals surface area contributed by atoms with Gasteiger partial charge in [-0.05, 0) is 32.0 Å². The maximum atomic E-state index is 5.32. The Morgan fingerprint density at radius 2 is 2.27 bits per heavy atom. The van der Waals surface area contributed by atoms with Gasteiger partial charge in [-0.25, -0.2) is 0 Å². The summed E-state index contributed by atoms with van der Waals surface area (Å²) in [6.45, 7) is 5.20. The van der Waals surface area contributed by atoms with Crippen LogP contribution < -0.4 is 4.80 Å². The molecule has 0 aromatic carbocycles. The van der Waals surface area contributed by atoms with Crippen molar-refractivity contribution in [2.75, 3.05) is 13.1 Å². The van der Waals surface area contributed by atoms with E-state index in [4.69, 9.17) is 12.2 Å². The fourth-order valence-corrected chi connectivity index (χ4v) is 2.81. The predicted octanol–water partition coefficient (Wildman–Crippen LogP) is 1.85. The Labute approximate surface area is 99.1 Å². The molecule has 1 saturated heterocycles. The highest BCUT2D eigenvalue weighted by Crippen LogP contribution is 2.08. The van der Waals surface area contributed by atoms with Crippen molar-refractivity contribution in [1.82, 2.24) is 9.47 Å². The van der Waals surface area contributed by atoms with E-state index in [1.165, 1.54) is 12.8 Å². The highest BCUT2D eigenvalue weighted by Gasteiger charge is 2.13. The molecule has 0 aliphatic carbocycles. The van der Waals surface area contributed by atoms with Gasteiger partial charge in [-0.2, -0.15) is 4.99 Å². The van der Waals surface area contributed by atoms with Crippen LogP contribution in [0.5, 0.6) is 0 Å². The van der Waals surface area contributed by atoms with Crippen molar-refractivity contribution in [2.45, 2.75) is 26.3 Å². The molecule has 1 aromatic heterocycles. The normalized spacial score (nSPS) is 17.4. The summed E-state index contributed by atoms with van der Waals surface area (Å²) in [4.78, 5) is 7.71. The lowest BCUT2D eigenvalue weighted by atomic mass is 10.4. The van der Waals surface area contributed by atoms with E-state index in [0.717, 1.165) is 29.5 Å². The summed E-state index contributed by atoms with van der Waals surface area (Å²) in [5.41, 5.74) is 0. The monoisotopic (exact) mass is 241 g/mol. The summed E-state index contributed by atoms with van der Waals surface area (Å²) in [6, 6.07) is 0. The number of aromatic nitrogens is 1. The molecule has 5 heteroatoms. The van der Waals surface area contributed by atoms with Crippen LogP contribution in [-0.4, -0.2) is 27.7 Å². The molecular weight excluding hydrogens is 226 g/mol. The van der Waals surface area contributed by atoms with E-state index in [1.807, 2.05) is 0 Å². The smallest absolute Gasteiger partial charge is 0.198 e. The molecule has 1 fully saturated rings. The van der Waals surface area contributed by atoms with Crippen LogP contribution in [0.4, 0.5) is 0 Å². The molecule has 1 aliphatic heterocycles. The second kappa shape index (κ2) is 4.90. The van der Waals surface area contributed by atoms with Crippen molar-refractivity contribution in [3.63, 3.8) is 0 Å². The first-order valence-corrected chi connectivity index (χ1v) is 6.57. The summed E-state index contributed by atoms with van der Waals surface area (Å²) in [5, 5.41) is 2.80. The molecule has 2 heterocycles. The van der Waals surface area contributed by atoms with Gasteiger partial charge in [-0.1, -0.05) is 0 Å². The molecule has 1 aromatic rings. The van der Waals surface area contributed by atoms with Gasteiger partial charge >= 0.3 is 0 Å². The number of hydrogen-bond acceptors (Lipinski definition) is 2. The fourth-order valence-electron chi connectivity index (χ4n) is 1.69. The van der Waals surface area contributed by atoms with Crippen molar-refractivity contribution in [3.8, 4) is 0 Å². The average Bonchev–Trinajstić information content (AvgIpc) is 2.87. The minimum absolute atomic E-state index is 0.747. The quantitative estimate of drug-likeness (QED) is 0.700. The first kappa shape index (κ1) is 10.8. The Morgan fingerprint density at radius 1 is 1.53 bits per heavy atom. The lowest BCUT2D eigenvalue weighted by Crippen LogP contribution is -2.27. The SMILES string of the molecule is CCn1ccs/c1=N\C(=S)N1CCCC1. The Hall–Kier alpha value is -0.680. The lowest BCUT2D eigenvalue weighted by Gasteiger charge is -2.13. The van der Waals surface area contributed by atoms with Gasteiger partial charge in [0.05, 0.1) is 0 Å². The third-order valence-corrected chi connectivity index (χ3v) is 3.71. The number of rotatable bonds is 1. The van der Waals surface area contributed by atoms with Crippen LogP contribution >= 0.6 is 23.6 Å². The number of nitrogens with zero attached hydrogens (tertiary/aromatic N) is 3. The minimum Gasteiger partial charge on any atom is -0.347 e. The summed E-state index contributed by atoms with van der Waals surface area (Å²) in [5.74, 6) is 0. The second-order valence-electron chi connectivity index (χ2n) is 3.56. The van der Waals surface area contributed by atoms with Gasteiger partial charge in [0.1, 0.15) is 0 Å². The number of hydrogen-bond donors (Lipinski definition) is 0. The van der Waals surface area contributed by atoms with Gasteiger partial charge in [0.15, 0.2) is 9.91 Å². The zero-order valence-corrected chi connectivity index (χ0v) is 10.5. The molecule has 3 nitrogen and oxygen atoms in total. The van der Waals surface area contributed by atoms with Gasteiger partial charge < -0.3 is 9.47 Å². The molecule has 0 saturated carbocycles. The molecule has 82 valence electrons. The molecule has 1 aliphatic rings. The maximum absolute atomic E-state index is 5.32. The third-order valence-electron chi connectivity index (χ3n) is 2.57. The Kier molecular flexibility index (Phi) is 3.53. The third kappa shape index (κ3) is 2.46. The fraction of sp³-hybridized carbons (Fsp3) is 0.600. The first-order valence-electron chi connectivity index (χ1n) is 5.29. The molecular formula is C10H15N3S2. The molecule has 0 bridgehead atoms. The summed E-state index contributed by atoms with van der Waals surface area (Å²) in [6.07, 6.45) is 4.54. The Balaban J connectivity index is 2.18. The van der Waals surface area contributed by atoms with Gasteiger partial charge in [-0.3, -0.25) is 0 Å². The standard InChI is InChI=1S/C10H15N3S2/c1-2-12-7-8-15-10(12)11-9(14)13-5-3-4-6-13/h7-8H,2-6H2,1H3/b11-10-. The van der Waals surface area contributed by atoms with Crippen LogP contribution in [0.15, 0.2) is 16.6 Å². The molecule has 0 radical (unpaired) electrons. The number of thiazole rings is 1. The van der Waals surface area contributed by atoms with Crippen molar-refractivity contribution >= 4 is 28.7 Å². The van der Waals surface area contributed by atoms with Gasteiger partial charge in [0, 0.05) is 31.2 Å². The summed E-state index contributed by atoms with van der Waals surface area (Å²) < 4.78 is 2.12. The van der Waals surface area contributed by atoms with E-state index in [9.17, 15) is 0 Å². The van der Waals surface area contributed by atoms with Crippen LogP contribution in [0, 0.1) is 0 Å². The van der Waals surface area contributed by atoms with Gasteiger partial charge in [-0.15, -0.1) is 11.3 Å². The molecule has 0 N–H and O–H groups in total. The van der Waals surface area contributed by atoms with Crippen molar-refractivity contribution in [3.05, 3.63) is 16.4 Å². The van der Waals surface area contributed by atoms with Crippen LogP contribution in [0.3, 0.4) is 0 Å². The maximum Gasteiger partial charge on any atom is 0.198 e. The Morgan fingerprint density at radius 3 is 2.93 bits per heavy atom. The molecule has 2 rings (SSSR count). The molecule has 15 heavy (non-hydrogen) atoms. The van der Waals surface area contributed by atoms with Crippen LogP contribution in [0.2, 0.25) is 0 Å². The lowest BCUT2D eigenvalue weighted by molar-refractivity contribution is 0.522. The van der Waals surface area contributed by atoms with E-state index in [-0.39, 0.29) is 0 Å². The van der Waals surface area contributed by atoms with E-state index in [1.54, 1.807) is 11.3 Å². The van der Waals surface area contributed by atoms with E-state index < -0.39 is 0 Å². The summed E-state index contributed by atoms with van der Waals surface area (Å²) >= 11 is 6.97. The highest BCUT2D eigenvalue weighted by molar-refractivity contribution is 7.80. The van der Waals surface area contributed by atoms with Crippen LogP contribution in [0.25, 0.3) is 0 Å².